The summed E-state index contributed by atoms with van der Waals surface area (Å²) in [6, 6.07) is 6.39. The molecule has 2 fully saturated rings. The second kappa shape index (κ2) is 9.15. The van der Waals surface area contributed by atoms with Gasteiger partial charge in [0.1, 0.15) is 23.0 Å². The molecule has 0 radical (unpaired) electrons. The van der Waals surface area contributed by atoms with Crippen LogP contribution in [0.4, 0.5) is 0 Å². The number of hydrogen-bond donors (Lipinski definition) is 2. The molecule has 7 nitrogen and oxygen atoms in total. The number of nitrogens with zero attached hydrogens (tertiary/aromatic N) is 1. The van der Waals surface area contributed by atoms with Crippen LogP contribution >= 0.6 is 23.2 Å². The fraction of sp³-hybridized carbons (Fsp3) is 0.333. The largest absolute Gasteiger partial charge is 0.507 e. The number of aromatic hydroxyl groups is 1. The molecule has 2 N–H and O–H groups in total. The van der Waals surface area contributed by atoms with Crippen molar-refractivity contribution in [3.63, 3.8) is 0 Å². The first-order valence-electron chi connectivity index (χ1n) is 10.5. The van der Waals surface area contributed by atoms with Crippen LogP contribution in [0.15, 0.2) is 35.9 Å². The minimum atomic E-state index is -0.878. The highest BCUT2D eigenvalue weighted by molar-refractivity contribution is 6.47. The lowest BCUT2D eigenvalue weighted by atomic mass is 9.94. The van der Waals surface area contributed by atoms with E-state index in [1.54, 1.807) is 6.07 Å². The van der Waals surface area contributed by atoms with Crippen molar-refractivity contribution in [3.05, 3.63) is 57.1 Å². The van der Waals surface area contributed by atoms with E-state index in [1.165, 1.54) is 43.4 Å². The third-order valence-electron chi connectivity index (χ3n) is 6.21. The average Bonchev–Trinajstić information content (AvgIpc) is 3.42. The number of benzene rings is 2. The Morgan fingerprint density at radius 1 is 1.00 bits per heavy atom. The molecule has 33 heavy (non-hydrogen) atoms. The number of likely N-dealkylation sites (tertiary alicyclic amines) is 1. The summed E-state index contributed by atoms with van der Waals surface area (Å²) in [7, 11) is 2.86. The van der Waals surface area contributed by atoms with Crippen LogP contribution in [0.5, 0.6) is 17.2 Å². The van der Waals surface area contributed by atoms with Crippen LogP contribution in [0.25, 0.3) is 5.76 Å². The van der Waals surface area contributed by atoms with Crippen LogP contribution in [0.1, 0.15) is 42.9 Å². The number of carbonyl (C=O) groups is 2. The number of hydrogen-bond acceptors (Lipinski definition) is 6. The average molecular weight is 492 g/mol. The quantitative estimate of drug-likeness (QED) is 0.343. The van der Waals surface area contributed by atoms with Gasteiger partial charge in [0.2, 0.25) is 0 Å². The topological polar surface area (TPSA) is 96.3 Å². The summed E-state index contributed by atoms with van der Waals surface area (Å²) < 4.78 is 10.6. The van der Waals surface area contributed by atoms with Gasteiger partial charge in [0, 0.05) is 12.1 Å². The van der Waals surface area contributed by atoms with Crippen molar-refractivity contribution in [1.82, 2.24) is 4.90 Å². The Bertz CT molecular complexity index is 1160. The molecule has 1 unspecified atom stereocenters. The van der Waals surface area contributed by atoms with Gasteiger partial charge in [-0.1, -0.05) is 42.1 Å². The maximum absolute atomic E-state index is 13.2. The van der Waals surface area contributed by atoms with E-state index in [0.29, 0.717) is 11.3 Å². The molecule has 2 aromatic rings. The number of aliphatic hydroxyl groups is 1. The molecule has 1 saturated carbocycles. The number of amides is 1. The van der Waals surface area contributed by atoms with E-state index in [0.717, 1.165) is 25.7 Å². The summed E-state index contributed by atoms with van der Waals surface area (Å²) in [5.41, 5.74) is 0.569. The van der Waals surface area contributed by atoms with Gasteiger partial charge in [-0.2, -0.15) is 0 Å². The normalized spacial score (nSPS) is 20.5. The summed E-state index contributed by atoms with van der Waals surface area (Å²) in [6.07, 6.45) is 3.40. The predicted molar refractivity (Wildman–Crippen MR) is 124 cm³/mol. The molecule has 174 valence electrons. The minimum absolute atomic E-state index is 0.0783. The van der Waals surface area contributed by atoms with Crippen molar-refractivity contribution in [2.45, 2.75) is 37.8 Å². The maximum Gasteiger partial charge on any atom is 0.295 e. The second-order valence-electron chi connectivity index (χ2n) is 8.04. The second-order valence-corrected chi connectivity index (χ2v) is 8.86. The van der Waals surface area contributed by atoms with E-state index in [-0.39, 0.29) is 38.7 Å². The van der Waals surface area contributed by atoms with Crippen molar-refractivity contribution in [3.8, 4) is 17.2 Å². The molecule has 1 amide bonds. The molecule has 0 spiro atoms. The minimum Gasteiger partial charge on any atom is -0.507 e. The number of rotatable bonds is 5. The highest BCUT2D eigenvalue weighted by Crippen LogP contribution is 2.46. The van der Waals surface area contributed by atoms with E-state index in [9.17, 15) is 19.8 Å². The lowest BCUT2D eigenvalue weighted by Gasteiger charge is -2.31. The van der Waals surface area contributed by atoms with Gasteiger partial charge in [0.05, 0.1) is 41.4 Å². The first kappa shape index (κ1) is 23.3. The van der Waals surface area contributed by atoms with Gasteiger partial charge in [-0.15, -0.1) is 0 Å². The van der Waals surface area contributed by atoms with Crippen molar-refractivity contribution in [2.24, 2.45) is 0 Å². The summed E-state index contributed by atoms with van der Waals surface area (Å²) >= 11 is 12.4. The van der Waals surface area contributed by atoms with Gasteiger partial charge >= 0.3 is 0 Å². The van der Waals surface area contributed by atoms with E-state index >= 15 is 0 Å². The number of phenolic OH excluding ortho intramolecular Hbond substituents is 1. The van der Waals surface area contributed by atoms with Crippen LogP contribution < -0.4 is 9.47 Å². The molecule has 0 bridgehead atoms. The Morgan fingerprint density at radius 2 is 1.67 bits per heavy atom. The van der Waals surface area contributed by atoms with E-state index < -0.39 is 23.5 Å². The molecular formula is C24H23Cl2NO6. The standard InChI is InChI=1S/C24H23Cl2NO6/c1-32-18-11-19(33-2)16(26)10-14(18)22(29)20-21(12-7-8-17(28)15(25)9-12)27(24(31)23(20)30)13-5-3-4-6-13/h7-11,13,21,28-29H,3-6H2,1-2H3/b22-20+. The highest BCUT2D eigenvalue weighted by atomic mass is 35.5. The SMILES string of the molecule is COc1cc(OC)c(/C(O)=C2\C(=O)C(=O)N(C3CCCC3)C2c2ccc(O)c(Cl)c2)cc1Cl. The highest BCUT2D eigenvalue weighted by Gasteiger charge is 2.49. The summed E-state index contributed by atoms with van der Waals surface area (Å²) in [5.74, 6) is -1.47. The zero-order chi connectivity index (χ0) is 23.9. The van der Waals surface area contributed by atoms with Gasteiger partial charge in [-0.25, -0.2) is 0 Å². The van der Waals surface area contributed by atoms with Crippen molar-refractivity contribution >= 4 is 40.7 Å². The van der Waals surface area contributed by atoms with Gasteiger partial charge in [-0.3, -0.25) is 9.59 Å². The van der Waals surface area contributed by atoms with Crippen LogP contribution in [-0.4, -0.2) is 47.1 Å². The monoisotopic (exact) mass is 491 g/mol. The van der Waals surface area contributed by atoms with Gasteiger partial charge in [-0.05, 0) is 36.6 Å². The van der Waals surface area contributed by atoms with Crippen LogP contribution in [0.2, 0.25) is 10.0 Å². The molecule has 1 saturated heterocycles. The third kappa shape index (κ3) is 4.00. The molecule has 1 aliphatic carbocycles. The van der Waals surface area contributed by atoms with Gasteiger partial charge in [0.15, 0.2) is 0 Å². The lowest BCUT2D eigenvalue weighted by Crippen LogP contribution is -2.37. The molecule has 0 aromatic heterocycles. The molecule has 1 heterocycles. The zero-order valence-corrected chi connectivity index (χ0v) is 19.6. The summed E-state index contributed by atoms with van der Waals surface area (Å²) in [6.45, 7) is 0. The smallest absolute Gasteiger partial charge is 0.295 e. The number of ether oxygens (including phenoxy) is 2. The lowest BCUT2D eigenvalue weighted by molar-refractivity contribution is -0.141. The van der Waals surface area contributed by atoms with E-state index in [2.05, 4.69) is 0 Å². The zero-order valence-electron chi connectivity index (χ0n) is 18.1. The molecular weight excluding hydrogens is 469 g/mol. The Morgan fingerprint density at radius 3 is 2.27 bits per heavy atom. The number of methoxy groups -OCH3 is 2. The van der Waals surface area contributed by atoms with Crippen molar-refractivity contribution < 1.29 is 29.3 Å². The maximum atomic E-state index is 13.2. The van der Waals surface area contributed by atoms with E-state index in [1.807, 2.05) is 0 Å². The Hall–Kier alpha value is -2.90. The van der Waals surface area contributed by atoms with Crippen LogP contribution in [0.3, 0.4) is 0 Å². The first-order valence-corrected chi connectivity index (χ1v) is 11.2. The summed E-state index contributed by atoms with van der Waals surface area (Å²) in [5, 5.41) is 21.5. The van der Waals surface area contributed by atoms with E-state index in [4.69, 9.17) is 32.7 Å². The summed E-state index contributed by atoms with van der Waals surface area (Å²) in [4.78, 5) is 27.9. The van der Waals surface area contributed by atoms with Crippen molar-refractivity contribution in [1.29, 1.82) is 0 Å². The van der Waals surface area contributed by atoms with Gasteiger partial charge in [0.25, 0.3) is 11.7 Å². The fourth-order valence-corrected chi connectivity index (χ4v) is 5.05. The molecule has 4 rings (SSSR count). The van der Waals surface area contributed by atoms with Crippen molar-refractivity contribution in [2.75, 3.05) is 14.2 Å². The van der Waals surface area contributed by atoms with Crippen LogP contribution in [-0.2, 0) is 9.59 Å². The first-order chi connectivity index (χ1) is 15.8. The number of carbonyl (C=O) groups excluding carboxylic acids is 2. The number of ketones is 1. The fourth-order valence-electron chi connectivity index (χ4n) is 4.62. The molecule has 1 aliphatic heterocycles. The molecule has 9 heteroatoms. The Balaban J connectivity index is 1.95. The Kier molecular flexibility index (Phi) is 6.45. The number of phenols is 1. The van der Waals surface area contributed by atoms with Crippen LogP contribution in [0, 0.1) is 0 Å². The molecule has 1 atom stereocenters. The number of Topliss-reactive ketones (excluding diaryl/α,β-unsaturated/α-hetero) is 1. The predicted octanol–water partition coefficient (Wildman–Crippen LogP) is 5.08. The number of halogens is 2. The Labute approximate surface area is 201 Å². The molecule has 2 aromatic carbocycles. The molecule has 2 aliphatic rings. The van der Waals surface area contributed by atoms with Gasteiger partial charge < -0.3 is 24.6 Å². The third-order valence-corrected chi connectivity index (χ3v) is 6.81. The number of aliphatic hydroxyl groups excluding tert-OH is 1.